The van der Waals surface area contributed by atoms with E-state index in [1.54, 1.807) is 0 Å². The van der Waals surface area contributed by atoms with Gasteiger partial charge >= 0.3 is 0 Å². The van der Waals surface area contributed by atoms with E-state index in [0.717, 1.165) is 4.68 Å². The second-order valence-corrected chi connectivity index (χ2v) is 4.84. The summed E-state index contributed by atoms with van der Waals surface area (Å²) in [7, 11) is 0. The predicted octanol–water partition coefficient (Wildman–Crippen LogP) is -2.03. The number of aromatic nitrogens is 5. The Morgan fingerprint density at radius 1 is 1.52 bits per heavy atom. The average Bonchev–Trinajstić information content (AvgIpc) is 2.93. The molecule has 0 unspecified atom stereocenters. The molecule has 0 aromatic carbocycles. The zero-order chi connectivity index (χ0) is 14.4. The first-order chi connectivity index (χ1) is 9.52. The van der Waals surface area contributed by atoms with Crippen LogP contribution in [0.2, 0.25) is 0 Å². The van der Waals surface area contributed by atoms with E-state index < -0.39 is 29.8 Å². The van der Waals surface area contributed by atoms with Crippen molar-refractivity contribution in [2.45, 2.75) is 24.7 Å². The van der Waals surface area contributed by atoms with Crippen molar-refractivity contribution in [2.75, 3.05) is 12.3 Å². The first-order valence-corrected chi connectivity index (χ1v) is 6.06. The molecule has 0 spiro atoms. The van der Waals surface area contributed by atoms with E-state index in [0.29, 0.717) is 0 Å². The number of rotatable bonds is 2. The summed E-state index contributed by atoms with van der Waals surface area (Å²) in [6, 6.07) is -0.846. The first kappa shape index (κ1) is 16.3. The minimum absolute atomic E-state index is 0. The molecule has 0 aliphatic heterocycles. The molecule has 21 heavy (non-hydrogen) atoms. The third kappa shape index (κ3) is 2.57. The van der Waals surface area contributed by atoms with E-state index in [4.69, 9.17) is 10.8 Å². The van der Waals surface area contributed by atoms with Crippen molar-refractivity contribution in [3.63, 3.8) is 0 Å². The number of hydrogen-bond donors (Lipinski definition) is 4. The molecule has 11 heteroatoms. The van der Waals surface area contributed by atoms with Gasteiger partial charge in [0.25, 0.3) is 5.56 Å². The van der Waals surface area contributed by atoms with Crippen LogP contribution in [0.25, 0.3) is 11.2 Å². The average molecular weight is 307 g/mol. The fraction of sp³-hybridized carbons (Fsp3) is 0.600. The standard InChI is InChI=1S/C10H13FN6O3.Na/c11-5-4(1-3(2-18)7(5)19)17-8-6(15-16-17)9(20)14-10(12)13-8;/h3-5,7,18-19H,1-2H2,(H3,12,13,14,20);/t3-,4-,5-,7-;/m1./s1. The molecule has 0 saturated heterocycles. The number of nitrogens with two attached hydrogens (primary N) is 1. The number of nitrogens with one attached hydrogen (secondary N) is 1. The maximum Gasteiger partial charge on any atom is 0.282 e. The number of H-pyrrole nitrogens is 1. The SMILES string of the molecule is Nc1nc2c(nnn2[C@@H]2C[C@H](CO)[C@@H](O)[C@@H]2F)c(=O)[nH]1.[Na]. The molecule has 0 bridgehead atoms. The number of aromatic amines is 1. The molecule has 109 valence electrons. The summed E-state index contributed by atoms with van der Waals surface area (Å²) in [6.45, 7) is -0.332. The van der Waals surface area contributed by atoms with Crippen molar-refractivity contribution in [3.05, 3.63) is 10.4 Å². The summed E-state index contributed by atoms with van der Waals surface area (Å²) >= 11 is 0. The van der Waals surface area contributed by atoms with Crippen molar-refractivity contribution >= 4 is 46.7 Å². The minimum Gasteiger partial charge on any atom is -0.396 e. The Labute approximate surface area is 139 Å². The molecule has 4 atom stereocenters. The number of aliphatic hydroxyl groups excluding tert-OH is 2. The van der Waals surface area contributed by atoms with Gasteiger partial charge in [-0.1, -0.05) is 5.21 Å². The van der Waals surface area contributed by atoms with Crippen LogP contribution >= 0.6 is 0 Å². The number of halogens is 1. The van der Waals surface area contributed by atoms with Crippen LogP contribution in [0.1, 0.15) is 12.5 Å². The Hall–Kier alpha value is -1.07. The monoisotopic (exact) mass is 307 g/mol. The zero-order valence-corrected chi connectivity index (χ0v) is 13.3. The van der Waals surface area contributed by atoms with Gasteiger partial charge in [0.15, 0.2) is 11.2 Å². The van der Waals surface area contributed by atoms with Gasteiger partial charge in [-0.3, -0.25) is 9.78 Å². The Morgan fingerprint density at radius 3 is 2.86 bits per heavy atom. The van der Waals surface area contributed by atoms with Gasteiger partial charge in [0, 0.05) is 42.1 Å². The summed E-state index contributed by atoms with van der Waals surface area (Å²) in [5, 5.41) is 26.2. The maximum atomic E-state index is 14.1. The third-order valence-electron chi connectivity index (χ3n) is 3.62. The molecule has 1 saturated carbocycles. The molecule has 9 nitrogen and oxygen atoms in total. The number of aliphatic hydroxyl groups is 2. The van der Waals surface area contributed by atoms with Crippen LogP contribution in [-0.2, 0) is 0 Å². The zero-order valence-electron chi connectivity index (χ0n) is 11.3. The predicted molar refractivity (Wildman–Crippen MR) is 71.2 cm³/mol. The number of hydrogen-bond acceptors (Lipinski definition) is 7. The molecule has 1 aliphatic rings. The molecule has 5 N–H and O–H groups in total. The summed E-state index contributed by atoms with van der Waals surface area (Å²) in [5.74, 6) is -0.715. The van der Waals surface area contributed by atoms with Crippen molar-refractivity contribution in [1.29, 1.82) is 0 Å². The van der Waals surface area contributed by atoms with Crippen LogP contribution in [-0.4, -0.2) is 83.6 Å². The summed E-state index contributed by atoms with van der Waals surface area (Å²) in [6.07, 6.45) is -2.74. The van der Waals surface area contributed by atoms with Crippen molar-refractivity contribution in [2.24, 2.45) is 5.92 Å². The summed E-state index contributed by atoms with van der Waals surface area (Å²) in [4.78, 5) is 17.8. The van der Waals surface area contributed by atoms with E-state index in [-0.39, 0.29) is 59.7 Å². The van der Waals surface area contributed by atoms with Gasteiger partial charge < -0.3 is 15.9 Å². The van der Waals surface area contributed by atoms with Gasteiger partial charge in [0.2, 0.25) is 5.95 Å². The molecule has 1 fully saturated rings. The number of anilines is 1. The summed E-state index contributed by atoms with van der Waals surface area (Å²) < 4.78 is 15.3. The van der Waals surface area contributed by atoms with Crippen LogP contribution in [0.3, 0.4) is 0 Å². The van der Waals surface area contributed by atoms with Crippen LogP contribution in [0.4, 0.5) is 10.3 Å². The second kappa shape index (κ2) is 5.97. The van der Waals surface area contributed by atoms with Gasteiger partial charge in [-0.25, -0.2) is 9.07 Å². The molecule has 2 heterocycles. The Kier molecular flexibility index (Phi) is 4.63. The van der Waals surface area contributed by atoms with Gasteiger partial charge in [-0.05, 0) is 6.42 Å². The van der Waals surface area contributed by atoms with E-state index in [9.17, 15) is 14.3 Å². The molecular weight excluding hydrogens is 294 g/mol. The fourth-order valence-corrected chi connectivity index (χ4v) is 2.57. The normalized spacial score (nSPS) is 28.7. The molecule has 1 aliphatic carbocycles. The Bertz CT molecular complexity index is 706. The number of nitrogens with zero attached hydrogens (tertiary/aromatic N) is 4. The van der Waals surface area contributed by atoms with Gasteiger partial charge in [0.1, 0.15) is 6.17 Å². The number of alkyl halides is 1. The second-order valence-electron chi connectivity index (χ2n) is 4.84. The van der Waals surface area contributed by atoms with E-state index in [1.165, 1.54) is 0 Å². The van der Waals surface area contributed by atoms with E-state index in [2.05, 4.69) is 20.3 Å². The van der Waals surface area contributed by atoms with Gasteiger partial charge in [-0.15, -0.1) is 5.10 Å². The summed E-state index contributed by atoms with van der Waals surface area (Å²) in [5.41, 5.74) is 4.90. The maximum absolute atomic E-state index is 14.1. The minimum atomic E-state index is -1.63. The molecule has 3 rings (SSSR count). The Balaban J connectivity index is 0.00000161. The number of nitrogen functional groups attached to an aromatic ring is 1. The molecular formula is C10H13FN6NaO3. The van der Waals surface area contributed by atoms with Crippen LogP contribution < -0.4 is 11.3 Å². The topological polar surface area (TPSA) is 143 Å². The third-order valence-corrected chi connectivity index (χ3v) is 3.62. The molecule has 2 aromatic heterocycles. The van der Waals surface area contributed by atoms with Gasteiger partial charge in [-0.2, -0.15) is 4.98 Å². The van der Waals surface area contributed by atoms with Gasteiger partial charge in [0.05, 0.1) is 12.1 Å². The number of fused-ring (bicyclic) bond motifs is 1. The molecule has 2 aromatic rings. The largest absolute Gasteiger partial charge is 0.396 e. The van der Waals surface area contributed by atoms with Crippen molar-refractivity contribution < 1.29 is 14.6 Å². The Morgan fingerprint density at radius 2 is 2.24 bits per heavy atom. The van der Waals surface area contributed by atoms with E-state index >= 15 is 0 Å². The van der Waals surface area contributed by atoms with Crippen molar-refractivity contribution in [1.82, 2.24) is 25.0 Å². The first-order valence-electron chi connectivity index (χ1n) is 6.06. The van der Waals surface area contributed by atoms with Crippen LogP contribution in [0, 0.1) is 5.92 Å². The van der Waals surface area contributed by atoms with Crippen LogP contribution in [0.15, 0.2) is 4.79 Å². The van der Waals surface area contributed by atoms with E-state index in [1.807, 2.05) is 0 Å². The quantitative estimate of drug-likeness (QED) is 0.468. The van der Waals surface area contributed by atoms with Crippen LogP contribution in [0.5, 0.6) is 0 Å². The molecule has 0 amide bonds. The smallest absolute Gasteiger partial charge is 0.282 e. The van der Waals surface area contributed by atoms with Crippen molar-refractivity contribution in [3.8, 4) is 0 Å². The molecule has 1 radical (unpaired) electrons. The fourth-order valence-electron chi connectivity index (χ4n) is 2.57.